The van der Waals surface area contributed by atoms with E-state index >= 15 is 0 Å². The summed E-state index contributed by atoms with van der Waals surface area (Å²) in [7, 11) is 2.16. The number of nitrogens with two attached hydrogens (primary N) is 1. The average Bonchev–Trinajstić information content (AvgIpc) is 2.41. The highest BCUT2D eigenvalue weighted by Crippen LogP contribution is 2.17. The van der Waals surface area contributed by atoms with Crippen molar-refractivity contribution in [2.24, 2.45) is 5.73 Å². The fourth-order valence-corrected chi connectivity index (χ4v) is 2.91. The van der Waals surface area contributed by atoms with Gasteiger partial charge in [0.2, 0.25) is 0 Å². The van der Waals surface area contributed by atoms with E-state index in [-0.39, 0.29) is 0 Å². The van der Waals surface area contributed by atoms with E-state index in [9.17, 15) is 5.11 Å². The first-order valence-electron chi connectivity index (χ1n) is 7.02. The van der Waals surface area contributed by atoms with Crippen molar-refractivity contribution in [2.45, 2.75) is 25.4 Å². The smallest absolute Gasteiger partial charge is 0.115 e. The number of phenols is 1. The molecule has 1 fully saturated rings. The van der Waals surface area contributed by atoms with Crippen LogP contribution in [-0.2, 0) is 6.42 Å². The molecule has 2 atom stereocenters. The normalized spacial score (nSPS) is 23.4. The number of phenolic OH excluding ortho intramolecular Hbond substituents is 1. The molecule has 3 N–H and O–H groups in total. The van der Waals surface area contributed by atoms with E-state index < -0.39 is 0 Å². The van der Waals surface area contributed by atoms with Gasteiger partial charge in [-0.15, -0.1) is 0 Å². The zero-order chi connectivity index (χ0) is 13.8. The van der Waals surface area contributed by atoms with Crippen molar-refractivity contribution in [3.63, 3.8) is 0 Å². The maximum absolute atomic E-state index is 9.32. The summed E-state index contributed by atoms with van der Waals surface area (Å²) in [5, 5.41) is 9.32. The quantitative estimate of drug-likeness (QED) is 0.847. The van der Waals surface area contributed by atoms with Crippen molar-refractivity contribution in [2.75, 3.05) is 33.2 Å². The van der Waals surface area contributed by atoms with E-state index in [1.165, 1.54) is 5.56 Å². The Balaban J connectivity index is 1.98. The van der Waals surface area contributed by atoms with Gasteiger partial charge in [-0.3, -0.25) is 4.90 Å². The number of likely N-dealkylation sites (N-methyl/N-ethyl adjacent to an activating group) is 1. The first-order chi connectivity index (χ1) is 9.10. The number of nitrogens with zero attached hydrogens (tertiary/aromatic N) is 2. The number of aromatic hydroxyl groups is 1. The standard InChI is InChI=1S/C15H25N3O/c1-12(9-13-3-5-15(19)6-4-13)18-8-7-17(2)11-14(18)10-16/h3-6,12,14,19H,7-11,16H2,1-2H3. The molecule has 0 bridgehead atoms. The molecule has 0 aromatic heterocycles. The number of hydrogen-bond acceptors (Lipinski definition) is 4. The molecule has 1 heterocycles. The maximum atomic E-state index is 9.32. The summed E-state index contributed by atoms with van der Waals surface area (Å²) in [6.45, 7) is 6.22. The molecule has 2 rings (SSSR count). The summed E-state index contributed by atoms with van der Waals surface area (Å²) < 4.78 is 0. The number of benzene rings is 1. The monoisotopic (exact) mass is 263 g/mol. The third-order valence-electron chi connectivity index (χ3n) is 4.04. The Hall–Kier alpha value is -1.10. The van der Waals surface area contributed by atoms with E-state index in [0.29, 0.717) is 24.4 Å². The van der Waals surface area contributed by atoms with Crippen LogP contribution in [0.15, 0.2) is 24.3 Å². The van der Waals surface area contributed by atoms with E-state index in [4.69, 9.17) is 5.73 Å². The molecule has 106 valence electrons. The van der Waals surface area contributed by atoms with Crippen molar-refractivity contribution < 1.29 is 5.11 Å². The van der Waals surface area contributed by atoms with Crippen molar-refractivity contribution in [1.82, 2.24) is 9.80 Å². The van der Waals surface area contributed by atoms with Crippen LogP contribution in [-0.4, -0.2) is 60.2 Å². The molecule has 1 aliphatic heterocycles. The summed E-state index contributed by atoms with van der Waals surface area (Å²) in [6.07, 6.45) is 1.00. The lowest BCUT2D eigenvalue weighted by atomic mass is 10.0. The van der Waals surface area contributed by atoms with Gasteiger partial charge in [0.25, 0.3) is 0 Å². The Kier molecular flexibility index (Phi) is 4.80. The first-order valence-corrected chi connectivity index (χ1v) is 7.02. The summed E-state index contributed by atoms with van der Waals surface area (Å²) in [5.74, 6) is 0.329. The lowest BCUT2D eigenvalue weighted by Gasteiger charge is -2.43. The molecule has 0 radical (unpaired) electrons. The molecule has 4 nitrogen and oxygen atoms in total. The second-order valence-corrected chi connectivity index (χ2v) is 5.61. The molecule has 0 saturated carbocycles. The van der Waals surface area contributed by atoms with Gasteiger partial charge in [0.15, 0.2) is 0 Å². The van der Waals surface area contributed by atoms with Crippen LogP contribution in [0.3, 0.4) is 0 Å². The van der Waals surface area contributed by atoms with Crippen LogP contribution in [0.2, 0.25) is 0 Å². The van der Waals surface area contributed by atoms with Crippen LogP contribution >= 0.6 is 0 Å². The number of piperazine rings is 1. The van der Waals surface area contributed by atoms with Gasteiger partial charge < -0.3 is 15.7 Å². The van der Waals surface area contributed by atoms with Crippen molar-refractivity contribution in [3.05, 3.63) is 29.8 Å². The van der Waals surface area contributed by atoms with Crippen LogP contribution in [0.1, 0.15) is 12.5 Å². The van der Waals surface area contributed by atoms with Crippen molar-refractivity contribution in [3.8, 4) is 5.75 Å². The SMILES string of the molecule is CC(Cc1ccc(O)cc1)N1CCN(C)CC1CN. The fourth-order valence-electron chi connectivity index (χ4n) is 2.91. The van der Waals surface area contributed by atoms with Crippen LogP contribution in [0, 0.1) is 0 Å². The largest absolute Gasteiger partial charge is 0.508 e. The van der Waals surface area contributed by atoms with E-state index in [0.717, 1.165) is 26.1 Å². The van der Waals surface area contributed by atoms with Crippen LogP contribution < -0.4 is 5.73 Å². The molecule has 1 saturated heterocycles. The third-order valence-corrected chi connectivity index (χ3v) is 4.04. The molecule has 0 aliphatic carbocycles. The van der Waals surface area contributed by atoms with Crippen LogP contribution in [0.4, 0.5) is 0 Å². The van der Waals surface area contributed by atoms with Crippen molar-refractivity contribution >= 4 is 0 Å². The molecule has 19 heavy (non-hydrogen) atoms. The summed E-state index contributed by atoms with van der Waals surface area (Å²) in [6, 6.07) is 8.44. The Labute approximate surface area is 115 Å². The minimum absolute atomic E-state index is 0.329. The molecule has 0 amide bonds. The zero-order valence-electron chi connectivity index (χ0n) is 11.9. The van der Waals surface area contributed by atoms with Gasteiger partial charge in [0, 0.05) is 38.3 Å². The third kappa shape index (κ3) is 3.69. The van der Waals surface area contributed by atoms with Gasteiger partial charge in [-0.2, -0.15) is 0 Å². The molecule has 1 aliphatic rings. The maximum Gasteiger partial charge on any atom is 0.115 e. The fraction of sp³-hybridized carbons (Fsp3) is 0.600. The van der Waals surface area contributed by atoms with Gasteiger partial charge >= 0.3 is 0 Å². The van der Waals surface area contributed by atoms with Gasteiger partial charge in [-0.05, 0) is 38.1 Å². The summed E-state index contributed by atoms with van der Waals surface area (Å²) in [4.78, 5) is 4.87. The molecule has 1 aromatic rings. The predicted molar refractivity (Wildman–Crippen MR) is 78.3 cm³/mol. The van der Waals surface area contributed by atoms with Gasteiger partial charge in [-0.25, -0.2) is 0 Å². The van der Waals surface area contributed by atoms with Crippen molar-refractivity contribution in [1.29, 1.82) is 0 Å². The number of rotatable bonds is 4. The zero-order valence-corrected chi connectivity index (χ0v) is 11.9. The highest BCUT2D eigenvalue weighted by molar-refractivity contribution is 5.26. The minimum Gasteiger partial charge on any atom is -0.508 e. The first kappa shape index (κ1) is 14.3. The summed E-state index contributed by atoms with van der Waals surface area (Å²) in [5.41, 5.74) is 7.17. The topological polar surface area (TPSA) is 52.7 Å². The molecular weight excluding hydrogens is 238 g/mol. The lowest BCUT2D eigenvalue weighted by molar-refractivity contribution is 0.0625. The molecular formula is C15H25N3O. The van der Waals surface area contributed by atoms with E-state index in [1.807, 2.05) is 12.1 Å². The van der Waals surface area contributed by atoms with Gasteiger partial charge in [0.05, 0.1) is 0 Å². The second kappa shape index (κ2) is 6.37. The Morgan fingerprint density at radius 1 is 1.32 bits per heavy atom. The molecule has 2 unspecified atom stereocenters. The van der Waals surface area contributed by atoms with E-state index in [1.54, 1.807) is 12.1 Å². The van der Waals surface area contributed by atoms with Crippen LogP contribution in [0.5, 0.6) is 5.75 Å². The van der Waals surface area contributed by atoms with Gasteiger partial charge in [-0.1, -0.05) is 12.1 Å². The minimum atomic E-state index is 0.329. The molecule has 1 aromatic carbocycles. The van der Waals surface area contributed by atoms with Gasteiger partial charge in [0.1, 0.15) is 5.75 Å². The highest BCUT2D eigenvalue weighted by Gasteiger charge is 2.27. The number of hydrogen-bond donors (Lipinski definition) is 2. The van der Waals surface area contributed by atoms with E-state index in [2.05, 4.69) is 23.8 Å². The highest BCUT2D eigenvalue weighted by atomic mass is 16.3. The molecule has 0 spiro atoms. The Bertz CT molecular complexity index is 393. The average molecular weight is 263 g/mol. The summed E-state index contributed by atoms with van der Waals surface area (Å²) >= 11 is 0. The van der Waals surface area contributed by atoms with Crippen LogP contribution in [0.25, 0.3) is 0 Å². The second-order valence-electron chi connectivity index (χ2n) is 5.61. The Morgan fingerprint density at radius 2 is 2.00 bits per heavy atom. The Morgan fingerprint density at radius 3 is 2.63 bits per heavy atom. The predicted octanol–water partition coefficient (Wildman–Crippen LogP) is 0.898. The molecule has 4 heteroatoms. The lowest BCUT2D eigenvalue weighted by Crippen LogP contribution is -2.57.